The highest BCUT2D eigenvalue weighted by Crippen LogP contribution is 2.22. The minimum absolute atomic E-state index is 0.0447. The van der Waals surface area contributed by atoms with E-state index in [1.807, 2.05) is 24.3 Å². The predicted octanol–water partition coefficient (Wildman–Crippen LogP) is 3.59. The van der Waals surface area contributed by atoms with Gasteiger partial charge < -0.3 is 4.90 Å². The molecule has 2 aromatic heterocycles. The minimum Gasteiger partial charge on any atom is -0.332 e. The van der Waals surface area contributed by atoms with Crippen molar-refractivity contribution in [2.24, 2.45) is 0 Å². The van der Waals surface area contributed by atoms with Gasteiger partial charge in [0.1, 0.15) is 17.9 Å². The Hall–Kier alpha value is -3.55. The molecule has 0 saturated heterocycles. The van der Waals surface area contributed by atoms with E-state index in [4.69, 9.17) is 0 Å². The van der Waals surface area contributed by atoms with Gasteiger partial charge in [0.2, 0.25) is 5.91 Å². The first-order valence-corrected chi connectivity index (χ1v) is 9.82. The van der Waals surface area contributed by atoms with E-state index in [1.165, 1.54) is 10.2 Å². The van der Waals surface area contributed by atoms with E-state index in [0.29, 0.717) is 24.5 Å². The third-order valence-corrected chi connectivity index (χ3v) is 5.06. The molecule has 30 heavy (non-hydrogen) atoms. The van der Waals surface area contributed by atoms with E-state index in [0.717, 1.165) is 17.5 Å². The van der Waals surface area contributed by atoms with Gasteiger partial charge in [0.25, 0.3) is 0 Å². The topological polar surface area (TPSA) is 94.2 Å². The first-order chi connectivity index (χ1) is 14.4. The number of rotatable bonds is 8. The Morgan fingerprint density at radius 2 is 1.77 bits per heavy atom. The van der Waals surface area contributed by atoms with Crippen molar-refractivity contribution in [1.82, 2.24) is 19.7 Å². The fourth-order valence-corrected chi connectivity index (χ4v) is 3.38. The summed E-state index contributed by atoms with van der Waals surface area (Å²) in [7, 11) is 0. The molecule has 0 aliphatic carbocycles. The zero-order valence-electron chi connectivity index (χ0n) is 17.4. The van der Waals surface area contributed by atoms with Crippen LogP contribution in [-0.2, 0) is 30.8 Å². The normalized spacial score (nSPS) is 10.8. The summed E-state index contributed by atoms with van der Waals surface area (Å²) in [6, 6.07) is 11.9. The SMILES string of the molecule is CCc1ccc(CN(Cc2cccnc2)C(=O)Cn2nc(C)c([N+](=O)[O-])c2C)cc1. The van der Waals surface area contributed by atoms with Crippen LogP contribution in [0.2, 0.25) is 0 Å². The first kappa shape index (κ1) is 21.2. The molecule has 0 bridgehead atoms. The Bertz CT molecular complexity index is 1030. The summed E-state index contributed by atoms with van der Waals surface area (Å²) in [5.41, 5.74) is 3.80. The van der Waals surface area contributed by atoms with Gasteiger partial charge in [-0.25, -0.2) is 0 Å². The maximum Gasteiger partial charge on any atom is 0.312 e. The fourth-order valence-electron chi connectivity index (χ4n) is 3.38. The van der Waals surface area contributed by atoms with E-state index < -0.39 is 4.92 Å². The molecule has 1 amide bonds. The number of nitro groups is 1. The van der Waals surface area contributed by atoms with Crippen LogP contribution >= 0.6 is 0 Å². The second-order valence-corrected chi connectivity index (χ2v) is 7.22. The molecule has 3 aromatic rings. The third-order valence-electron chi connectivity index (χ3n) is 5.06. The van der Waals surface area contributed by atoms with Crippen molar-refractivity contribution in [2.45, 2.75) is 46.8 Å². The molecular weight excluding hydrogens is 382 g/mol. The Morgan fingerprint density at radius 3 is 2.33 bits per heavy atom. The summed E-state index contributed by atoms with van der Waals surface area (Å²) in [4.78, 5) is 29.8. The van der Waals surface area contributed by atoms with Crippen LogP contribution in [0.15, 0.2) is 48.8 Å². The zero-order valence-corrected chi connectivity index (χ0v) is 17.4. The zero-order chi connectivity index (χ0) is 21.7. The second-order valence-electron chi connectivity index (χ2n) is 7.22. The van der Waals surface area contributed by atoms with E-state index in [9.17, 15) is 14.9 Å². The smallest absolute Gasteiger partial charge is 0.312 e. The van der Waals surface area contributed by atoms with Crippen molar-refractivity contribution in [3.05, 3.63) is 87.0 Å². The number of carbonyl (C=O) groups excluding carboxylic acids is 1. The van der Waals surface area contributed by atoms with Crippen LogP contribution in [0.5, 0.6) is 0 Å². The molecule has 0 atom stereocenters. The van der Waals surface area contributed by atoms with Crippen LogP contribution < -0.4 is 0 Å². The maximum atomic E-state index is 13.2. The largest absolute Gasteiger partial charge is 0.332 e. The van der Waals surface area contributed by atoms with Gasteiger partial charge in [0.15, 0.2) is 0 Å². The maximum absolute atomic E-state index is 13.2. The number of pyridine rings is 1. The van der Waals surface area contributed by atoms with Crippen LogP contribution in [0.1, 0.15) is 35.0 Å². The average Bonchev–Trinajstić information content (AvgIpc) is 3.01. The molecule has 156 valence electrons. The van der Waals surface area contributed by atoms with Crippen LogP contribution in [0.25, 0.3) is 0 Å². The number of benzene rings is 1. The van der Waals surface area contributed by atoms with Crippen LogP contribution in [0, 0.1) is 24.0 Å². The minimum atomic E-state index is -0.457. The van der Waals surface area contributed by atoms with Crippen LogP contribution in [0.4, 0.5) is 5.69 Å². The summed E-state index contributed by atoms with van der Waals surface area (Å²) in [6.07, 6.45) is 4.37. The van der Waals surface area contributed by atoms with Crippen molar-refractivity contribution in [3.63, 3.8) is 0 Å². The number of hydrogen-bond donors (Lipinski definition) is 0. The van der Waals surface area contributed by atoms with E-state index >= 15 is 0 Å². The highest BCUT2D eigenvalue weighted by molar-refractivity contribution is 5.76. The van der Waals surface area contributed by atoms with Gasteiger partial charge in [-0.2, -0.15) is 5.10 Å². The molecule has 8 heteroatoms. The van der Waals surface area contributed by atoms with Crippen molar-refractivity contribution in [1.29, 1.82) is 0 Å². The Balaban J connectivity index is 1.84. The highest BCUT2D eigenvalue weighted by Gasteiger charge is 2.24. The number of hydrogen-bond acceptors (Lipinski definition) is 5. The number of nitrogens with zero attached hydrogens (tertiary/aromatic N) is 5. The summed E-state index contributed by atoms with van der Waals surface area (Å²) in [5, 5.41) is 15.5. The summed E-state index contributed by atoms with van der Waals surface area (Å²) in [5.74, 6) is -0.168. The van der Waals surface area contributed by atoms with Crippen LogP contribution in [0.3, 0.4) is 0 Å². The third kappa shape index (κ3) is 4.89. The molecule has 0 N–H and O–H groups in total. The average molecular weight is 407 g/mol. The van der Waals surface area contributed by atoms with Crippen LogP contribution in [-0.4, -0.2) is 30.5 Å². The lowest BCUT2D eigenvalue weighted by molar-refractivity contribution is -0.386. The van der Waals surface area contributed by atoms with E-state index in [2.05, 4.69) is 29.1 Å². The molecule has 0 aliphatic rings. The lowest BCUT2D eigenvalue weighted by atomic mass is 10.1. The molecular formula is C22H25N5O3. The van der Waals surface area contributed by atoms with Gasteiger partial charge >= 0.3 is 5.69 Å². The standard InChI is InChI=1S/C22H25N5O3/c1-4-18-7-9-19(10-8-18)13-25(14-20-6-5-11-23-12-20)21(28)15-26-17(3)22(27(29)30)16(2)24-26/h5-12H,4,13-15H2,1-3H3. The molecule has 0 unspecified atom stereocenters. The number of carbonyl (C=O) groups is 1. The number of aryl methyl sites for hydroxylation is 2. The lowest BCUT2D eigenvalue weighted by Gasteiger charge is -2.23. The van der Waals surface area contributed by atoms with Gasteiger partial charge in [0.05, 0.1) is 4.92 Å². The predicted molar refractivity (Wildman–Crippen MR) is 113 cm³/mol. The molecule has 3 rings (SSSR count). The van der Waals surface area contributed by atoms with Crippen molar-refractivity contribution >= 4 is 11.6 Å². The van der Waals surface area contributed by atoms with Crippen molar-refractivity contribution < 1.29 is 9.72 Å². The molecule has 1 aromatic carbocycles. The van der Waals surface area contributed by atoms with E-state index in [-0.39, 0.29) is 18.1 Å². The van der Waals surface area contributed by atoms with Crippen molar-refractivity contribution in [3.8, 4) is 0 Å². The molecule has 0 radical (unpaired) electrons. The first-order valence-electron chi connectivity index (χ1n) is 9.82. The Kier molecular flexibility index (Phi) is 6.56. The van der Waals surface area contributed by atoms with Gasteiger partial charge in [-0.15, -0.1) is 0 Å². The van der Waals surface area contributed by atoms with Gasteiger partial charge in [-0.05, 0) is 43.0 Å². The molecule has 2 heterocycles. The fraction of sp³-hybridized carbons (Fsp3) is 0.318. The number of aromatic nitrogens is 3. The summed E-state index contributed by atoms with van der Waals surface area (Å²) in [6.45, 7) is 6.05. The van der Waals surface area contributed by atoms with Crippen molar-refractivity contribution in [2.75, 3.05) is 0 Å². The molecule has 0 spiro atoms. The quantitative estimate of drug-likeness (QED) is 0.420. The van der Waals surface area contributed by atoms with Gasteiger partial charge in [0, 0.05) is 25.5 Å². The number of amides is 1. The van der Waals surface area contributed by atoms with Gasteiger partial charge in [-0.3, -0.25) is 24.6 Å². The summed E-state index contributed by atoms with van der Waals surface area (Å²) < 4.78 is 1.41. The molecule has 0 aliphatic heterocycles. The monoisotopic (exact) mass is 407 g/mol. The second kappa shape index (κ2) is 9.30. The Labute approximate surface area is 175 Å². The molecule has 0 saturated carbocycles. The lowest BCUT2D eigenvalue weighted by Crippen LogP contribution is -2.33. The Morgan fingerprint density at radius 1 is 1.10 bits per heavy atom. The summed E-state index contributed by atoms with van der Waals surface area (Å²) >= 11 is 0. The molecule has 0 fully saturated rings. The molecule has 8 nitrogen and oxygen atoms in total. The highest BCUT2D eigenvalue weighted by atomic mass is 16.6. The van der Waals surface area contributed by atoms with Gasteiger partial charge in [-0.1, -0.05) is 37.3 Å². The van der Waals surface area contributed by atoms with E-state index in [1.54, 1.807) is 31.1 Å².